The summed E-state index contributed by atoms with van der Waals surface area (Å²) >= 11 is 0. The number of fused-ring (bicyclic) bond motifs is 1. The van der Waals surface area contributed by atoms with Gasteiger partial charge in [0.05, 0.1) is 12.7 Å². The summed E-state index contributed by atoms with van der Waals surface area (Å²) in [6.45, 7) is 4.01. The highest BCUT2D eigenvalue weighted by Gasteiger charge is 2.33. The maximum absolute atomic E-state index is 14.3. The van der Waals surface area contributed by atoms with Crippen LogP contribution in [-0.4, -0.2) is 24.5 Å². The quantitative estimate of drug-likeness (QED) is 0.527. The van der Waals surface area contributed by atoms with Gasteiger partial charge in [0.2, 0.25) is 0 Å². The van der Waals surface area contributed by atoms with Gasteiger partial charge in [0, 0.05) is 30.6 Å². The Morgan fingerprint density at radius 3 is 2.45 bits per heavy atom. The highest BCUT2D eigenvalue weighted by molar-refractivity contribution is 5.56. The van der Waals surface area contributed by atoms with E-state index >= 15 is 0 Å². The Balaban J connectivity index is 1.50. The minimum Gasteiger partial charge on any atom is -0.508 e. The number of ether oxygens (including phenoxy) is 1. The predicted octanol–water partition coefficient (Wildman–Crippen LogP) is 5.66. The van der Waals surface area contributed by atoms with Gasteiger partial charge in [-0.25, -0.2) is 4.39 Å². The lowest BCUT2D eigenvalue weighted by Crippen LogP contribution is -2.34. The van der Waals surface area contributed by atoms with E-state index in [9.17, 15) is 14.3 Å². The van der Waals surface area contributed by atoms with E-state index in [2.05, 4.69) is 29.2 Å². The molecule has 0 aliphatic carbocycles. The topological polar surface area (TPSA) is 49.8 Å². The molecule has 0 aromatic heterocycles. The molecule has 2 atom stereocenters. The van der Waals surface area contributed by atoms with Gasteiger partial charge in [-0.2, -0.15) is 0 Å². The van der Waals surface area contributed by atoms with Gasteiger partial charge in [-0.05, 0) is 84.0 Å². The zero-order valence-electron chi connectivity index (χ0n) is 18.7. The SMILES string of the molecule is Cc1cc(F)cc([C@@H]2OCc3cc(O)ccc3[C@@H]2c2ccc(N3CCC(C=O)CC3)cc2)c1. The lowest BCUT2D eigenvalue weighted by Gasteiger charge is -2.35. The maximum atomic E-state index is 14.3. The largest absolute Gasteiger partial charge is 0.508 e. The minimum absolute atomic E-state index is 0.120. The number of phenolic OH excluding ortho intramolecular Hbond substituents is 1. The van der Waals surface area contributed by atoms with Crippen LogP contribution in [0.2, 0.25) is 0 Å². The summed E-state index contributed by atoms with van der Waals surface area (Å²) in [4.78, 5) is 13.4. The number of carbonyl (C=O) groups excluding carboxylic acids is 1. The fourth-order valence-electron chi connectivity index (χ4n) is 5.22. The van der Waals surface area contributed by atoms with Gasteiger partial charge < -0.3 is 19.5 Å². The van der Waals surface area contributed by atoms with Crippen LogP contribution in [0.15, 0.2) is 60.7 Å². The lowest BCUT2D eigenvalue weighted by molar-refractivity contribution is -0.111. The molecule has 1 saturated heterocycles. The third-order valence-electron chi connectivity index (χ3n) is 6.93. The van der Waals surface area contributed by atoms with E-state index in [1.54, 1.807) is 18.2 Å². The number of nitrogens with zero attached hydrogens (tertiary/aromatic N) is 1. The number of hydrogen-bond donors (Lipinski definition) is 1. The number of anilines is 1. The third kappa shape index (κ3) is 4.38. The number of aryl methyl sites for hydroxylation is 1. The van der Waals surface area contributed by atoms with Crippen LogP contribution in [-0.2, 0) is 16.1 Å². The van der Waals surface area contributed by atoms with Crippen LogP contribution < -0.4 is 4.90 Å². The number of rotatable bonds is 4. The highest BCUT2D eigenvalue weighted by atomic mass is 19.1. The number of hydrogen-bond acceptors (Lipinski definition) is 4. The van der Waals surface area contributed by atoms with Crippen LogP contribution in [0.25, 0.3) is 0 Å². The van der Waals surface area contributed by atoms with E-state index in [-0.39, 0.29) is 29.5 Å². The normalized spacial score (nSPS) is 21.0. The summed E-state index contributed by atoms with van der Waals surface area (Å²) in [6, 6.07) is 19.0. The zero-order chi connectivity index (χ0) is 22.9. The van der Waals surface area contributed by atoms with Crippen LogP contribution in [0.4, 0.5) is 10.1 Å². The van der Waals surface area contributed by atoms with Crippen molar-refractivity contribution in [1.82, 2.24) is 0 Å². The number of carbonyl (C=O) groups is 1. The van der Waals surface area contributed by atoms with Gasteiger partial charge in [0.1, 0.15) is 17.9 Å². The molecule has 2 aliphatic heterocycles. The summed E-state index contributed by atoms with van der Waals surface area (Å²) in [5, 5.41) is 9.99. The molecule has 3 aromatic carbocycles. The summed E-state index contributed by atoms with van der Waals surface area (Å²) < 4.78 is 20.5. The van der Waals surface area contributed by atoms with Crippen molar-refractivity contribution in [3.63, 3.8) is 0 Å². The van der Waals surface area contributed by atoms with E-state index in [0.717, 1.165) is 65.7 Å². The predicted molar refractivity (Wildman–Crippen MR) is 126 cm³/mol. The first-order valence-electron chi connectivity index (χ1n) is 11.5. The first-order valence-corrected chi connectivity index (χ1v) is 11.5. The number of aldehydes is 1. The summed E-state index contributed by atoms with van der Waals surface area (Å²) in [5.74, 6) is -0.00290. The maximum Gasteiger partial charge on any atom is 0.123 e. The molecule has 33 heavy (non-hydrogen) atoms. The molecule has 4 nitrogen and oxygen atoms in total. The number of halogens is 1. The van der Waals surface area contributed by atoms with Crippen molar-refractivity contribution in [3.8, 4) is 5.75 Å². The molecule has 1 N–H and O–H groups in total. The molecular weight excluding hydrogens is 417 g/mol. The molecular formula is C28H28FNO3. The van der Waals surface area contributed by atoms with Crippen molar-refractivity contribution in [2.75, 3.05) is 18.0 Å². The van der Waals surface area contributed by atoms with Crippen molar-refractivity contribution < 1.29 is 19.0 Å². The van der Waals surface area contributed by atoms with E-state index in [1.807, 2.05) is 19.1 Å². The van der Waals surface area contributed by atoms with Crippen LogP contribution >= 0.6 is 0 Å². The standard InChI is InChI=1S/C28H28FNO3/c1-18-12-21(14-23(29)13-18)28-27(26-7-6-25(32)15-22(26)17-33-28)20-2-4-24(5-3-20)30-10-8-19(16-31)9-11-30/h2-7,12-16,19,27-28,32H,8-11,17H2,1H3/t27-,28-/m0/s1. The number of benzene rings is 3. The Morgan fingerprint density at radius 2 is 1.76 bits per heavy atom. The van der Waals surface area contributed by atoms with Gasteiger partial charge in [0.15, 0.2) is 0 Å². The molecule has 0 saturated carbocycles. The molecule has 0 amide bonds. The second kappa shape index (κ2) is 8.99. The fraction of sp³-hybridized carbons (Fsp3) is 0.321. The van der Waals surface area contributed by atoms with Crippen LogP contribution in [0.1, 0.15) is 52.7 Å². The number of aromatic hydroxyl groups is 1. The van der Waals surface area contributed by atoms with Gasteiger partial charge in [-0.1, -0.05) is 24.3 Å². The summed E-state index contributed by atoms with van der Waals surface area (Å²) in [5.41, 5.74) is 5.94. The molecule has 5 heteroatoms. The molecule has 0 unspecified atom stereocenters. The smallest absolute Gasteiger partial charge is 0.123 e. The molecule has 170 valence electrons. The average molecular weight is 446 g/mol. The first-order chi connectivity index (χ1) is 16.0. The van der Waals surface area contributed by atoms with Gasteiger partial charge in [0.25, 0.3) is 0 Å². The molecule has 0 spiro atoms. The molecule has 3 aromatic rings. The highest BCUT2D eigenvalue weighted by Crippen LogP contribution is 2.46. The van der Waals surface area contributed by atoms with Crippen molar-refractivity contribution in [2.45, 2.75) is 38.4 Å². The van der Waals surface area contributed by atoms with E-state index in [0.29, 0.717) is 6.61 Å². The molecule has 2 heterocycles. The molecule has 1 fully saturated rings. The van der Waals surface area contributed by atoms with Crippen molar-refractivity contribution in [1.29, 1.82) is 0 Å². The monoisotopic (exact) mass is 445 g/mol. The molecule has 2 aliphatic rings. The molecule has 0 radical (unpaired) electrons. The Hall–Kier alpha value is -3.18. The van der Waals surface area contributed by atoms with Crippen LogP contribution in [0.3, 0.4) is 0 Å². The fourth-order valence-corrected chi connectivity index (χ4v) is 5.22. The first kappa shape index (κ1) is 21.7. The Kier molecular flexibility index (Phi) is 5.90. The van der Waals surface area contributed by atoms with Crippen molar-refractivity contribution >= 4 is 12.0 Å². The Labute approximate surface area is 193 Å². The molecule has 5 rings (SSSR count). The minimum atomic E-state index is -0.328. The third-order valence-corrected chi connectivity index (χ3v) is 6.93. The van der Waals surface area contributed by atoms with Gasteiger partial charge in [-0.15, -0.1) is 0 Å². The Bertz CT molecular complexity index is 1130. The second-order valence-electron chi connectivity index (χ2n) is 9.21. The van der Waals surface area contributed by atoms with Crippen LogP contribution in [0, 0.1) is 18.7 Å². The Morgan fingerprint density at radius 1 is 1.00 bits per heavy atom. The van der Waals surface area contributed by atoms with Crippen LogP contribution in [0.5, 0.6) is 5.75 Å². The average Bonchev–Trinajstić information content (AvgIpc) is 2.83. The van der Waals surface area contributed by atoms with Crippen molar-refractivity contribution in [3.05, 3.63) is 94.3 Å². The lowest BCUT2D eigenvalue weighted by atomic mass is 9.79. The van der Waals surface area contributed by atoms with E-state index in [1.165, 1.54) is 6.07 Å². The van der Waals surface area contributed by atoms with Crippen molar-refractivity contribution in [2.24, 2.45) is 5.92 Å². The zero-order valence-corrected chi connectivity index (χ0v) is 18.7. The van der Waals surface area contributed by atoms with Gasteiger partial charge >= 0.3 is 0 Å². The van der Waals surface area contributed by atoms with Gasteiger partial charge in [-0.3, -0.25) is 0 Å². The molecule has 0 bridgehead atoms. The van der Waals surface area contributed by atoms with E-state index < -0.39 is 0 Å². The number of piperidine rings is 1. The second-order valence-corrected chi connectivity index (χ2v) is 9.21. The summed E-state index contributed by atoms with van der Waals surface area (Å²) in [6.07, 6.45) is 2.53. The number of phenols is 1. The summed E-state index contributed by atoms with van der Waals surface area (Å²) in [7, 11) is 0. The van der Waals surface area contributed by atoms with E-state index in [4.69, 9.17) is 4.74 Å².